The third-order valence-electron chi connectivity index (χ3n) is 2.98. The lowest BCUT2D eigenvalue weighted by molar-refractivity contribution is -0.144. The van der Waals surface area contributed by atoms with Crippen LogP contribution in [0.25, 0.3) is 0 Å². The Balaban J connectivity index is 2.68. The fourth-order valence-electron chi connectivity index (χ4n) is 1.93. The first-order chi connectivity index (χ1) is 10.8. The van der Waals surface area contributed by atoms with E-state index in [0.717, 1.165) is 12.5 Å². The van der Waals surface area contributed by atoms with Gasteiger partial charge in [-0.2, -0.15) is 0 Å². The number of carbonyl (C=O) groups excluding carboxylic acids is 2. The zero-order chi connectivity index (χ0) is 17.4. The molecular formula is C15H18N2O6. The monoisotopic (exact) mass is 322 g/mol. The summed E-state index contributed by atoms with van der Waals surface area (Å²) in [6, 6.07) is 6.12. The van der Waals surface area contributed by atoms with Crippen molar-refractivity contribution in [2.45, 2.75) is 31.8 Å². The zero-order valence-electron chi connectivity index (χ0n) is 12.5. The van der Waals surface area contributed by atoms with Crippen LogP contribution in [0.1, 0.15) is 18.9 Å². The third kappa shape index (κ3) is 6.60. The van der Waals surface area contributed by atoms with Gasteiger partial charge in [-0.1, -0.05) is 30.3 Å². The van der Waals surface area contributed by atoms with Gasteiger partial charge in [0, 0.05) is 13.3 Å². The molecule has 0 aliphatic carbocycles. The lowest BCUT2D eigenvalue weighted by Crippen LogP contribution is -2.47. The molecular weight excluding hydrogens is 304 g/mol. The van der Waals surface area contributed by atoms with E-state index in [1.165, 1.54) is 0 Å². The van der Waals surface area contributed by atoms with E-state index in [1.54, 1.807) is 30.3 Å². The van der Waals surface area contributed by atoms with Crippen LogP contribution in [0.5, 0.6) is 0 Å². The van der Waals surface area contributed by atoms with Gasteiger partial charge in [0.05, 0.1) is 6.42 Å². The normalized spacial score (nSPS) is 12.7. The second-order valence-corrected chi connectivity index (χ2v) is 4.94. The van der Waals surface area contributed by atoms with E-state index in [0.29, 0.717) is 0 Å². The van der Waals surface area contributed by atoms with Gasteiger partial charge >= 0.3 is 11.9 Å². The van der Waals surface area contributed by atoms with E-state index in [-0.39, 0.29) is 6.42 Å². The molecule has 8 heteroatoms. The van der Waals surface area contributed by atoms with Gasteiger partial charge in [0.1, 0.15) is 12.1 Å². The van der Waals surface area contributed by atoms with Gasteiger partial charge < -0.3 is 20.8 Å². The van der Waals surface area contributed by atoms with Crippen LogP contribution in [-0.2, 0) is 25.6 Å². The van der Waals surface area contributed by atoms with E-state index < -0.39 is 42.3 Å². The minimum Gasteiger partial charge on any atom is -0.480 e. The minimum absolute atomic E-state index is 0.0692. The Kier molecular flexibility index (Phi) is 6.72. The summed E-state index contributed by atoms with van der Waals surface area (Å²) < 4.78 is 0. The van der Waals surface area contributed by atoms with Crippen molar-refractivity contribution in [1.29, 1.82) is 0 Å². The van der Waals surface area contributed by atoms with Crippen molar-refractivity contribution in [3.8, 4) is 0 Å². The van der Waals surface area contributed by atoms with Gasteiger partial charge in [0.2, 0.25) is 11.8 Å². The van der Waals surface area contributed by atoms with Crippen molar-refractivity contribution in [2.75, 3.05) is 0 Å². The molecule has 8 nitrogen and oxygen atoms in total. The van der Waals surface area contributed by atoms with Crippen LogP contribution < -0.4 is 10.6 Å². The molecule has 23 heavy (non-hydrogen) atoms. The average molecular weight is 322 g/mol. The maximum Gasteiger partial charge on any atom is 0.326 e. The van der Waals surface area contributed by atoms with Crippen LogP contribution >= 0.6 is 0 Å². The van der Waals surface area contributed by atoms with Crippen LogP contribution in [0.15, 0.2) is 30.3 Å². The number of amides is 2. The number of carboxylic acid groups (broad SMARTS) is 2. The van der Waals surface area contributed by atoms with Gasteiger partial charge in [-0.05, 0) is 5.56 Å². The summed E-state index contributed by atoms with van der Waals surface area (Å²) in [5, 5.41) is 22.5. The summed E-state index contributed by atoms with van der Waals surface area (Å²) in [5.74, 6) is -3.96. The van der Waals surface area contributed by atoms with Crippen LogP contribution in [-0.4, -0.2) is 46.0 Å². The smallest absolute Gasteiger partial charge is 0.326 e. The molecule has 1 aromatic carbocycles. The highest BCUT2D eigenvalue weighted by molar-refractivity contribution is 5.89. The van der Waals surface area contributed by atoms with Gasteiger partial charge in [-0.25, -0.2) is 9.59 Å². The van der Waals surface area contributed by atoms with Crippen molar-refractivity contribution < 1.29 is 29.4 Å². The van der Waals surface area contributed by atoms with Gasteiger partial charge in [0.15, 0.2) is 0 Å². The van der Waals surface area contributed by atoms with Crippen molar-refractivity contribution in [3.63, 3.8) is 0 Å². The summed E-state index contributed by atoms with van der Waals surface area (Å²) in [7, 11) is 0. The Labute approximate surface area is 132 Å². The highest BCUT2D eigenvalue weighted by Gasteiger charge is 2.25. The van der Waals surface area contributed by atoms with Crippen molar-refractivity contribution in [3.05, 3.63) is 35.9 Å². The lowest BCUT2D eigenvalue weighted by atomic mass is 10.1. The molecule has 0 unspecified atom stereocenters. The molecule has 0 bridgehead atoms. The number of aliphatic carboxylic acids is 2. The SMILES string of the molecule is CC(=O)N[C@@H](CC(=O)N[C@@H](Cc1ccccc1)C(=O)O)C(=O)O. The first-order valence-electron chi connectivity index (χ1n) is 6.85. The number of carboxylic acids is 2. The summed E-state index contributed by atoms with van der Waals surface area (Å²) in [6.07, 6.45) is -0.479. The fourth-order valence-corrected chi connectivity index (χ4v) is 1.93. The summed E-state index contributed by atoms with van der Waals surface area (Å²) >= 11 is 0. The van der Waals surface area contributed by atoms with Crippen LogP contribution in [0.2, 0.25) is 0 Å². The standard InChI is InChI=1S/C15H18N2O6/c1-9(18)16-12(15(22)23)8-13(19)17-11(14(20)21)7-10-5-3-2-4-6-10/h2-6,11-12H,7-8H2,1H3,(H,16,18)(H,17,19)(H,20,21)(H,22,23)/t11-,12-/m0/s1. The van der Waals surface area contributed by atoms with E-state index in [4.69, 9.17) is 5.11 Å². The van der Waals surface area contributed by atoms with Crippen molar-refractivity contribution >= 4 is 23.8 Å². The number of rotatable bonds is 8. The van der Waals surface area contributed by atoms with Crippen molar-refractivity contribution in [2.24, 2.45) is 0 Å². The lowest BCUT2D eigenvalue weighted by Gasteiger charge is -2.17. The van der Waals surface area contributed by atoms with E-state index in [2.05, 4.69) is 10.6 Å². The second-order valence-electron chi connectivity index (χ2n) is 4.94. The Morgan fingerprint density at radius 3 is 2.00 bits per heavy atom. The van der Waals surface area contributed by atoms with Gasteiger partial charge in [-0.3, -0.25) is 9.59 Å². The molecule has 0 saturated heterocycles. The molecule has 4 N–H and O–H groups in total. The van der Waals surface area contributed by atoms with Crippen LogP contribution in [0.3, 0.4) is 0 Å². The maximum absolute atomic E-state index is 11.9. The predicted octanol–water partition coefficient (Wildman–Crippen LogP) is -0.222. The average Bonchev–Trinajstić information content (AvgIpc) is 2.46. The Hall–Kier alpha value is -2.90. The predicted molar refractivity (Wildman–Crippen MR) is 79.6 cm³/mol. The quantitative estimate of drug-likeness (QED) is 0.523. The number of benzene rings is 1. The van der Waals surface area contributed by atoms with E-state index in [1.807, 2.05) is 0 Å². The number of hydrogen-bond donors (Lipinski definition) is 4. The molecule has 0 aliphatic heterocycles. The summed E-state index contributed by atoms with van der Waals surface area (Å²) in [5.41, 5.74) is 0.719. The van der Waals surface area contributed by atoms with Crippen molar-refractivity contribution in [1.82, 2.24) is 10.6 Å². The minimum atomic E-state index is -1.40. The second kappa shape index (κ2) is 8.52. The first-order valence-corrected chi connectivity index (χ1v) is 6.85. The Morgan fingerprint density at radius 1 is 0.957 bits per heavy atom. The fraction of sp³-hybridized carbons (Fsp3) is 0.333. The number of carbonyl (C=O) groups is 4. The third-order valence-corrected chi connectivity index (χ3v) is 2.98. The number of hydrogen-bond acceptors (Lipinski definition) is 4. The van der Waals surface area contributed by atoms with E-state index in [9.17, 15) is 24.3 Å². The molecule has 0 aliphatic rings. The molecule has 0 aromatic heterocycles. The van der Waals surface area contributed by atoms with E-state index >= 15 is 0 Å². The highest BCUT2D eigenvalue weighted by Crippen LogP contribution is 2.04. The number of nitrogens with one attached hydrogen (secondary N) is 2. The largest absolute Gasteiger partial charge is 0.480 e. The molecule has 0 heterocycles. The molecule has 0 saturated carbocycles. The molecule has 0 fully saturated rings. The summed E-state index contributed by atoms with van der Waals surface area (Å²) in [4.78, 5) is 45.0. The van der Waals surface area contributed by atoms with Gasteiger partial charge in [-0.15, -0.1) is 0 Å². The first kappa shape index (κ1) is 18.1. The maximum atomic E-state index is 11.9. The Morgan fingerprint density at radius 2 is 1.52 bits per heavy atom. The molecule has 124 valence electrons. The molecule has 2 atom stereocenters. The molecule has 1 rings (SSSR count). The zero-order valence-corrected chi connectivity index (χ0v) is 12.5. The molecule has 1 aromatic rings. The summed E-state index contributed by atoms with van der Waals surface area (Å²) in [6.45, 7) is 1.13. The van der Waals surface area contributed by atoms with Crippen LogP contribution in [0, 0.1) is 0 Å². The molecule has 2 amide bonds. The highest BCUT2D eigenvalue weighted by atomic mass is 16.4. The Bertz CT molecular complexity index is 587. The van der Waals surface area contributed by atoms with Crippen LogP contribution in [0.4, 0.5) is 0 Å². The topological polar surface area (TPSA) is 133 Å². The molecule has 0 radical (unpaired) electrons. The molecule has 0 spiro atoms. The van der Waals surface area contributed by atoms with Gasteiger partial charge in [0.25, 0.3) is 0 Å².